The van der Waals surface area contributed by atoms with Gasteiger partial charge >= 0.3 is 0 Å². The van der Waals surface area contributed by atoms with Gasteiger partial charge < -0.3 is 4.74 Å². The highest BCUT2D eigenvalue weighted by Gasteiger charge is 2.27. The molecule has 3 N–H and O–H groups in total. The first-order chi connectivity index (χ1) is 8.74. The van der Waals surface area contributed by atoms with E-state index >= 15 is 0 Å². The first kappa shape index (κ1) is 13.5. The molecule has 3 unspecified atom stereocenters. The monoisotopic (exact) mass is 248 g/mol. The Balaban J connectivity index is 1.82. The molecule has 1 aliphatic carbocycles. The number of hydrogen-bond donors (Lipinski definition) is 2. The fourth-order valence-corrected chi connectivity index (χ4v) is 2.74. The van der Waals surface area contributed by atoms with E-state index in [4.69, 9.17) is 10.6 Å². The van der Waals surface area contributed by atoms with Crippen molar-refractivity contribution in [1.29, 1.82) is 0 Å². The summed E-state index contributed by atoms with van der Waals surface area (Å²) in [6.07, 6.45) is 4.77. The second-order valence-corrected chi connectivity index (χ2v) is 5.32. The molecular weight excluding hydrogens is 224 g/mol. The lowest BCUT2D eigenvalue weighted by Gasteiger charge is -2.33. The first-order valence-corrected chi connectivity index (χ1v) is 6.81. The maximum absolute atomic E-state index is 5.66. The minimum Gasteiger partial charge on any atom is -0.382 e. The molecule has 100 valence electrons. The van der Waals surface area contributed by atoms with Gasteiger partial charge in [-0.15, -0.1) is 0 Å². The van der Waals surface area contributed by atoms with Crippen LogP contribution in [-0.4, -0.2) is 19.3 Å². The zero-order valence-electron chi connectivity index (χ0n) is 11.4. The molecule has 18 heavy (non-hydrogen) atoms. The second kappa shape index (κ2) is 6.32. The Hall–Kier alpha value is -0.900. The van der Waals surface area contributed by atoms with Crippen LogP contribution >= 0.6 is 0 Å². The van der Waals surface area contributed by atoms with Gasteiger partial charge in [-0.1, -0.05) is 24.3 Å². The Kier molecular flexibility index (Phi) is 4.75. The molecule has 0 amide bonds. The van der Waals surface area contributed by atoms with Crippen LogP contribution in [0.3, 0.4) is 0 Å². The normalized spacial score (nSPS) is 20.9. The van der Waals surface area contributed by atoms with Crippen molar-refractivity contribution < 1.29 is 4.74 Å². The fourth-order valence-electron chi connectivity index (χ4n) is 2.74. The molecule has 0 fully saturated rings. The van der Waals surface area contributed by atoms with Gasteiger partial charge in [0.25, 0.3) is 0 Å². The second-order valence-electron chi connectivity index (χ2n) is 5.32. The van der Waals surface area contributed by atoms with E-state index in [2.05, 4.69) is 36.6 Å². The summed E-state index contributed by atoms with van der Waals surface area (Å²) >= 11 is 0. The summed E-state index contributed by atoms with van der Waals surface area (Å²) in [5, 5.41) is 0. The predicted molar refractivity (Wildman–Crippen MR) is 74.3 cm³/mol. The highest BCUT2D eigenvalue weighted by molar-refractivity contribution is 5.39. The van der Waals surface area contributed by atoms with Crippen LogP contribution in [0.15, 0.2) is 24.3 Å². The van der Waals surface area contributed by atoms with Crippen molar-refractivity contribution in [1.82, 2.24) is 5.43 Å². The number of methoxy groups -OCH3 is 1. The van der Waals surface area contributed by atoms with Crippen LogP contribution in [0.4, 0.5) is 0 Å². The largest absolute Gasteiger partial charge is 0.382 e. The van der Waals surface area contributed by atoms with E-state index in [1.807, 2.05) is 0 Å². The third-order valence-corrected chi connectivity index (χ3v) is 4.09. The average molecular weight is 248 g/mol. The molecule has 1 aromatic carbocycles. The van der Waals surface area contributed by atoms with Gasteiger partial charge in [0.15, 0.2) is 0 Å². The lowest BCUT2D eigenvalue weighted by molar-refractivity contribution is 0.105. The Morgan fingerprint density at radius 3 is 2.83 bits per heavy atom. The first-order valence-electron chi connectivity index (χ1n) is 6.81. The highest BCUT2D eigenvalue weighted by atomic mass is 16.5. The maximum atomic E-state index is 5.66. The van der Waals surface area contributed by atoms with E-state index in [1.54, 1.807) is 7.11 Å². The Labute approximate surface area is 110 Å². The summed E-state index contributed by atoms with van der Waals surface area (Å²) in [6.45, 7) is 2.10. The average Bonchev–Trinajstić information content (AvgIpc) is 2.39. The quantitative estimate of drug-likeness (QED) is 0.575. The molecule has 0 bridgehead atoms. The number of nitrogens with one attached hydrogen (secondary N) is 1. The lowest BCUT2D eigenvalue weighted by Crippen LogP contribution is -2.38. The predicted octanol–water partition coefficient (Wildman–Crippen LogP) is 2.36. The molecule has 1 aliphatic rings. The van der Waals surface area contributed by atoms with Crippen molar-refractivity contribution in [2.24, 2.45) is 5.84 Å². The van der Waals surface area contributed by atoms with Gasteiger partial charge in [-0.25, -0.2) is 0 Å². The number of hydrogen-bond acceptors (Lipinski definition) is 3. The third kappa shape index (κ3) is 3.10. The SMILES string of the molecule is COC(C)CCC(CC1Cc2ccccc21)NN. The van der Waals surface area contributed by atoms with E-state index in [9.17, 15) is 0 Å². The summed E-state index contributed by atoms with van der Waals surface area (Å²) in [5.41, 5.74) is 5.97. The molecule has 0 spiro atoms. The van der Waals surface area contributed by atoms with Gasteiger partial charge in [-0.3, -0.25) is 11.3 Å². The third-order valence-electron chi connectivity index (χ3n) is 4.09. The standard InChI is InChI=1S/C15H24N2O/c1-11(18-2)7-8-14(17-16)10-13-9-12-5-3-4-6-15(12)13/h3-6,11,13-14,17H,7-10,16H2,1-2H3. The van der Waals surface area contributed by atoms with Crippen molar-refractivity contribution in [2.75, 3.05) is 7.11 Å². The highest BCUT2D eigenvalue weighted by Crippen LogP contribution is 2.38. The van der Waals surface area contributed by atoms with Crippen LogP contribution in [0.5, 0.6) is 0 Å². The fraction of sp³-hybridized carbons (Fsp3) is 0.600. The molecule has 0 radical (unpaired) electrons. The minimum atomic E-state index is 0.314. The van der Waals surface area contributed by atoms with Crippen LogP contribution in [0.2, 0.25) is 0 Å². The molecule has 3 atom stereocenters. The van der Waals surface area contributed by atoms with Crippen LogP contribution in [-0.2, 0) is 11.2 Å². The van der Waals surface area contributed by atoms with Gasteiger partial charge in [0.1, 0.15) is 0 Å². The van der Waals surface area contributed by atoms with E-state index in [0.29, 0.717) is 18.1 Å². The molecule has 2 rings (SSSR count). The number of ether oxygens (including phenoxy) is 1. The molecular formula is C15H24N2O. The molecule has 3 heteroatoms. The van der Waals surface area contributed by atoms with Crippen LogP contribution in [0.25, 0.3) is 0 Å². The Morgan fingerprint density at radius 1 is 1.39 bits per heavy atom. The molecule has 0 aromatic heterocycles. The number of rotatable bonds is 7. The van der Waals surface area contributed by atoms with Crippen LogP contribution in [0.1, 0.15) is 43.2 Å². The molecule has 0 saturated carbocycles. The van der Waals surface area contributed by atoms with Gasteiger partial charge in [0.05, 0.1) is 6.10 Å². The summed E-state index contributed by atoms with van der Waals surface area (Å²) in [6, 6.07) is 9.11. The zero-order chi connectivity index (χ0) is 13.0. The van der Waals surface area contributed by atoms with Gasteiger partial charge in [0.2, 0.25) is 0 Å². The van der Waals surface area contributed by atoms with Crippen molar-refractivity contribution in [3.63, 3.8) is 0 Å². The van der Waals surface area contributed by atoms with Crippen molar-refractivity contribution in [3.05, 3.63) is 35.4 Å². The summed E-state index contributed by atoms with van der Waals surface area (Å²) in [4.78, 5) is 0. The maximum Gasteiger partial charge on any atom is 0.0543 e. The Bertz CT molecular complexity index is 381. The molecule has 0 heterocycles. The Morgan fingerprint density at radius 2 is 2.17 bits per heavy atom. The molecule has 3 nitrogen and oxygen atoms in total. The topological polar surface area (TPSA) is 47.3 Å². The minimum absolute atomic E-state index is 0.314. The summed E-state index contributed by atoms with van der Waals surface area (Å²) in [7, 11) is 1.76. The summed E-state index contributed by atoms with van der Waals surface area (Å²) < 4.78 is 5.28. The number of nitrogens with two attached hydrogens (primary N) is 1. The van der Waals surface area contributed by atoms with Crippen molar-refractivity contribution >= 4 is 0 Å². The van der Waals surface area contributed by atoms with Crippen molar-refractivity contribution in [2.45, 2.75) is 50.7 Å². The molecule has 0 aliphatic heterocycles. The number of fused-ring (bicyclic) bond motifs is 1. The summed E-state index contributed by atoms with van der Waals surface area (Å²) in [5.74, 6) is 6.34. The smallest absolute Gasteiger partial charge is 0.0543 e. The van der Waals surface area contributed by atoms with Gasteiger partial charge in [-0.2, -0.15) is 0 Å². The zero-order valence-corrected chi connectivity index (χ0v) is 11.4. The van der Waals surface area contributed by atoms with Gasteiger partial charge in [0, 0.05) is 13.2 Å². The van der Waals surface area contributed by atoms with Gasteiger partial charge in [-0.05, 0) is 49.7 Å². The van der Waals surface area contributed by atoms with E-state index in [-0.39, 0.29) is 0 Å². The van der Waals surface area contributed by atoms with E-state index in [1.165, 1.54) is 17.5 Å². The van der Waals surface area contributed by atoms with E-state index in [0.717, 1.165) is 19.3 Å². The van der Waals surface area contributed by atoms with Crippen molar-refractivity contribution in [3.8, 4) is 0 Å². The number of hydrazine groups is 1. The molecule has 1 aromatic rings. The van der Waals surface area contributed by atoms with E-state index < -0.39 is 0 Å². The number of benzene rings is 1. The lowest BCUT2D eigenvalue weighted by atomic mass is 9.74. The van der Waals surface area contributed by atoms with Crippen LogP contribution in [0, 0.1) is 0 Å². The van der Waals surface area contributed by atoms with Crippen LogP contribution < -0.4 is 11.3 Å². The molecule has 0 saturated heterocycles.